The molecule has 2 rings (SSSR count). The van der Waals surface area contributed by atoms with E-state index in [1.807, 2.05) is 0 Å². The lowest BCUT2D eigenvalue weighted by molar-refractivity contribution is 0.150. The molecule has 1 nitrogen and oxygen atoms in total. The molecule has 0 saturated heterocycles. The molecule has 1 aliphatic rings. The molecule has 1 saturated carbocycles. The molecule has 0 amide bonds. The van der Waals surface area contributed by atoms with Gasteiger partial charge in [0.05, 0.1) is 6.10 Å². The average Bonchev–Trinajstić information content (AvgIpc) is 2.40. The summed E-state index contributed by atoms with van der Waals surface area (Å²) in [4.78, 5) is 0. The van der Waals surface area contributed by atoms with E-state index in [1.165, 1.54) is 47.7 Å². The largest absolute Gasteiger partial charge is 0.388 e. The van der Waals surface area contributed by atoms with Gasteiger partial charge in [-0.3, -0.25) is 0 Å². The minimum atomic E-state index is -0.279. The molecule has 1 fully saturated rings. The first kappa shape index (κ1) is 14.3. The van der Waals surface area contributed by atoms with Gasteiger partial charge < -0.3 is 5.11 Å². The number of aliphatic hydroxyl groups excluding tert-OH is 1. The van der Waals surface area contributed by atoms with Crippen molar-refractivity contribution in [3.63, 3.8) is 0 Å². The predicted molar refractivity (Wildman–Crippen MR) is 84.7 cm³/mol. The van der Waals surface area contributed by atoms with Crippen LogP contribution in [0.2, 0.25) is 0 Å². The van der Waals surface area contributed by atoms with Crippen LogP contribution in [-0.4, -0.2) is 5.11 Å². The Labute approximate surface area is 124 Å². The number of rotatable bonds is 4. The van der Waals surface area contributed by atoms with Gasteiger partial charge in [0.1, 0.15) is 0 Å². The van der Waals surface area contributed by atoms with E-state index in [0.717, 1.165) is 17.9 Å². The van der Waals surface area contributed by atoms with Crippen molar-refractivity contribution >= 4 is 22.6 Å². The SMILES string of the molecule is Cc1cccc(C(O)CCC2CCCCC2)c1I. The van der Waals surface area contributed by atoms with Gasteiger partial charge in [-0.25, -0.2) is 0 Å². The Hall–Kier alpha value is -0.0900. The Balaban J connectivity index is 1.90. The van der Waals surface area contributed by atoms with E-state index >= 15 is 0 Å². The van der Waals surface area contributed by atoms with Gasteiger partial charge in [-0.2, -0.15) is 0 Å². The van der Waals surface area contributed by atoms with Crippen molar-refractivity contribution in [2.75, 3.05) is 0 Å². The summed E-state index contributed by atoms with van der Waals surface area (Å²) in [7, 11) is 0. The maximum atomic E-state index is 10.4. The van der Waals surface area contributed by atoms with Gasteiger partial charge >= 0.3 is 0 Å². The van der Waals surface area contributed by atoms with E-state index in [2.05, 4.69) is 47.7 Å². The molecule has 1 atom stereocenters. The molecule has 0 aromatic heterocycles. The molecule has 1 aromatic rings. The molecular formula is C16H23IO. The topological polar surface area (TPSA) is 20.2 Å². The summed E-state index contributed by atoms with van der Waals surface area (Å²) in [6.45, 7) is 2.11. The molecule has 1 aliphatic carbocycles. The highest BCUT2D eigenvalue weighted by Gasteiger charge is 2.17. The van der Waals surface area contributed by atoms with Crippen molar-refractivity contribution in [1.29, 1.82) is 0 Å². The third-order valence-electron chi connectivity index (χ3n) is 4.15. The zero-order chi connectivity index (χ0) is 13.0. The Morgan fingerprint density at radius 1 is 1.28 bits per heavy atom. The third-order valence-corrected chi connectivity index (χ3v) is 5.63. The minimum absolute atomic E-state index is 0.279. The number of benzene rings is 1. The molecule has 18 heavy (non-hydrogen) atoms. The van der Waals surface area contributed by atoms with Crippen molar-refractivity contribution in [3.05, 3.63) is 32.9 Å². The van der Waals surface area contributed by atoms with Crippen LogP contribution in [-0.2, 0) is 0 Å². The van der Waals surface area contributed by atoms with Crippen LogP contribution in [0.4, 0.5) is 0 Å². The lowest BCUT2D eigenvalue weighted by atomic mass is 9.85. The van der Waals surface area contributed by atoms with E-state index in [0.29, 0.717) is 0 Å². The Morgan fingerprint density at radius 2 is 2.00 bits per heavy atom. The first-order valence-corrected chi connectivity index (χ1v) is 8.19. The molecular weight excluding hydrogens is 335 g/mol. The van der Waals surface area contributed by atoms with Gasteiger partial charge in [-0.1, -0.05) is 50.3 Å². The fraction of sp³-hybridized carbons (Fsp3) is 0.625. The predicted octanol–water partition coefficient (Wildman–Crippen LogP) is 4.99. The molecule has 0 spiro atoms. The normalized spacial score (nSPS) is 18.8. The number of hydrogen-bond donors (Lipinski definition) is 1. The molecule has 0 aliphatic heterocycles. The second-order valence-electron chi connectivity index (χ2n) is 5.58. The van der Waals surface area contributed by atoms with Gasteiger partial charge in [0.25, 0.3) is 0 Å². The maximum absolute atomic E-state index is 10.4. The van der Waals surface area contributed by atoms with Gasteiger partial charge in [0.15, 0.2) is 0 Å². The van der Waals surface area contributed by atoms with Crippen molar-refractivity contribution in [2.24, 2.45) is 5.92 Å². The molecule has 2 heteroatoms. The number of halogens is 1. The van der Waals surface area contributed by atoms with Gasteiger partial charge in [0, 0.05) is 3.57 Å². The van der Waals surface area contributed by atoms with Crippen molar-refractivity contribution in [3.8, 4) is 0 Å². The number of aryl methyl sites for hydroxylation is 1. The molecule has 1 N–H and O–H groups in total. The van der Waals surface area contributed by atoms with Crippen LogP contribution in [0.25, 0.3) is 0 Å². The van der Waals surface area contributed by atoms with Gasteiger partial charge in [0.2, 0.25) is 0 Å². The standard InChI is InChI=1S/C16H23IO/c1-12-6-5-9-14(16(12)17)15(18)11-10-13-7-3-2-4-8-13/h5-6,9,13,15,18H,2-4,7-8,10-11H2,1H3. The van der Waals surface area contributed by atoms with Crippen LogP contribution >= 0.6 is 22.6 Å². The van der Waals surface area contributed by atoms with Crippen molar-refractivity contribution < 1.29 is 5.11 Å². The van der Waals surface area contributed by atoms with Crippen LogP contribution in [0.15, 0.2) is 18.2 Å². The molecule has 100 valence electrons. The fourth-order valence-corrected chi connectivity index (χ4v) is 3.67. The van der Waals surface area contributed by atoms with Crippen LogP contribution in [0.3, 0.4) is 0 Å². The first-order chi connectivity index (χ1) is 8.68. The van der Waals surface area contributed by atoms with Crippen molar-refractivity contribution in [1.82, 2.24) is 0 Å². The minimum Gasteiger partial charge on any atom is -0.388 e. The van der Waals surface area contributed by atoms with Gasteiger partial charge in [-0.05, 0) is 59.4 Å². The first-order valence-electron chi connectivity index (χ1n) is 7.11. The quantitative estimate of drug-likeness (QED) is 0.752. The summed E-state index contributed by atoms with van der Waals surface area (Å²) in [6, 6.07) is 6.23. The summed E-state index contributed by atoms with van der Waals surface area (Å²) in [5, 5.41) is 10.4. The van der Waals surface area contributed by atoms with Crippen LogP contribution < -0.4 is 0 Å². The van der Waals surface area contributed by atoms with Crippen LogP contribution in [0, 0.1) is 16.4 Å². The Bertz CT molecular complexity index is 383. The van der Waals surface area contributed by atoms with E-state index < -0.39 is 0 Å². The highest BCUT2D eigenvalue weighted by molar-refractivity contribution is 14.1. The Morgan fingerprint density at radius 3 is 2.72 bits per heavy atom. The molecule has 0 heterocycles. The maximum Gasteiger partial charge on any atom is 0.0800 e. The van der Waals surface area contributed by atoms with Crippen molar-refractivity contribution in [2.45, 2.75) is 58.0 Å². The van der Waals surface area contributed by atoms with Crippen LogP contribution in [0.1, 0.15) is 62.2 Å². The molecule has 0 radical (unpaired) electrons. The molecule has 0 bridgehead atoms. The van der Waals surface area contributed by atoms with E-state index in [-0.39, 0.29) is 6.10 Å². The summed E-state index contributed by atoms with van der Waals surface area (Å²) < 4.78 is 1.23. The van der Waals surface area contributed by atoms with E-state index in [9.17, 15) is 5.11 Å². The fourth-order valence-electron chi connectivity index (χ4n) is 2.95. The average molecular weight is 358 g/mol. The second kappa shape index (κ2) is 6.90. The lowest BCUT2D eigenvalue weighted by Gasteiger charge is -2.23. The Kier molecular flexibility index (Phi) is 5.49. The second-order valence-corrected chi connectivity index (χ2v) is 6.65. The number of aliphatic hydroxyl groups is 1. The summed E-state index contributed by atoms with van der Waals surface area (Å²) in [6.07, 6.45) is 8.77. The zero-order valence-corrected chi connectivity index (χ0v) is 13.3. The van der Waals surface area contributed by atoms with Gasteiger partial charge in [-0.15, -0.1) is 0 Å². The summed E-state index contributed by atoms with van der Waals surface area (Å²) in [5.74, 6) is 0.857. The monoisotopic (exact) mass is 358 g/mol. The summed E-state index contributed by atoms with van der Waals surface area (Å²) >= 11 is 2.35. The zero-order valence-electron chi connectivity index (χ0n) is 11.2. The van der Waals surface area contributed by atoms with Crippen LogP contribution in [0.5, 0.6) is 0 Å². The highest BCUT2D eigenvalue weighted by Crippen LogP contribution is 2.32. The van der Waals surface area contributed by atoms with E-state index in [1.54, 1.807) is 0 Å². The molecule has 1 aromatic carbocycles. The summed E-state index contributed by atoms with van der Waals surface area (Å²) in [5.41, 5.74) is 2.39. The number of hydrogen-bond acceptors (Lipinski definition) is 1. The molecule has 1 unspecified atom stereocenters. The third kappa shape index (κ3) is 3.70. The highest BCUT2D eigenvalue weighted by atomic mass is 127. The smallest absolute Gasteiger partial charge is 0.0800 e. The van der Waals surface area contributed by atoms with E-state index in [4.69, 9.17) is 0 Å². The lowest BCUT2D eigenvalue weighted by Crippen LogP contribution is -2.09.